The van der Waals surface area contributed by atoms with Crippen LogP contribution < -0.4 is 20.2 Å². The van der Waals surface area contributed by atoms with Crippen LogP contribution in [0, 0.1) is 0 Å². The van der Waals surface area contributed by atoms with E-state index in [0.717, 1.165) is 28.1 Å². The molecule has 1 heterocycles. The number of ether oxygens (including phenoxy) is 2. The second kappa shape index (κ2) is 11.9. The highest BCUT2D eigenvalue weighted by Gasteiger charge is 2.31. The first-order valence-corrected chi connectivity index (χ1v) is 12.2. The summed E-state index contributed by atoms with van der Waals surface area (Å²) in [7, 11) is 1.63. The van der Waals surface area contributed by atoms with Crippen LogP contribution in [0.1, 0.15) is 30.9 Å². The SMILES string of the molecule is COc1ccc(NC(=S)NN=Cc2ccc(-c3ncn(-c4ccc(OC(F)(F)F)cc4)n3)cc2)c(C(C)C)c1. The first-order chi connectivity index (χ1) is 18.6. The number of nitrogens with zero attached hydrogens (tertiary/aromatic N) is 4. The van der Waals surface area contributed by atoms with Crippen molar-refractivity contribution in [2.75, 3.05) is 12.4 Å². The van der Waals surface area contributed by atoms with Gasteiger partial charge in [0.25, 0.3) is 0 Å². The lowest BCUT2D eigenvalue weighted by Gasteiger charge is -2.16. The molecule has 8 nitrogen and oxygen atoms in total. The van der Waals surface area contributed by atoms with E-state index in [-0.39, 0.29) is 11.7 Å². The average Bonchev–Trinajstić information content (AvgIpc) is 3.39. The van der Waals surface area contributed by atoms with Crippen molar-refractivity contribution in [3.8, 4) is 28.6 Å². The summed E-state index contributed by atoms with van der Waals surface area (Å²) >= 11 is 5.37. The number of hydrogen-bond acceptors (Lipinski definition) is 6. The van der Waals surface area contributed by atoms with E-state index < -0.39 is 6.36 Å². The molecule has 0 unspecified atom stereocenters. The van der Waals surface area contributed by atoms with Gasteiger partial charge < -0.3 is 14.8 Å². The summed E-state index contributed by atoms with van der Waals surface area (Å²) in [6.07, 6.45) is -1.63. The molecular weight excluding hydrogens is 529 g/mol. The van der Waals surface area contributed by atoms with Crippen LogP contribution in [0.25, 0.3) is 17.1 Å². The van der Waals surface area contributed by atoms with Crippen molar-refractivity contribution in [2.24, 2.45) is 5.10 Å². The zero-order valence-corrected chi connectivity index (χ0v) is 22.0. The van der Waals surface area contributed by atoms with Crippen LogP contribution in [-0.4, -0.2) is 39.6 Å². The fourth-order valence-corrected chi connectivity index (χ4v) is 3.78. The Morgan fingerprint density at radius 1 is 1.03 bits per heavy atom. The van der Waals surface area contributed by atoms with Crippen molar-refractivity contribution in [3.63, 3.8) is 0 Å². The van der Waals surface area contributed by atoms with Crippen molar-refractivity contribution in [1.29, 1.82) is 0 Å². The predicted molar refractivity (Wildman–Crippen MR) is 148 cm³/mol. The van der Waals surface area contributed by atoms with Crippen LogP contribution in [0.2, 0.25) is 0 Å². The largest absolute Gasteiger partial charge is 0.573 e. The highest BCUT2D eigenvalue weighted by atomic mass is 32.1. The third-order valence-corrected chi connectivity index (χ3v) is 5.70. The summed E-state index contributed by atoms with van der Waals surface area (Å²) in [6.45, 7) is 4.18. The number of nitrogens with one attached hydrogen (secondary N) is 2. The monoisotopic (exact) mass is 554 g/mol. The van der Waals surface area contributed by atoms with Crippen LogP contribution in [0.15, 0.2) is 78.2 Å². The molecule has 1 aromatic heterocycles. The second-order valence-electron chi connectivity index (χ2n) is 8.61. The summed E-state index contributed by atoms with van der Waals surface area (Å²) in [4.78, 5) is 4.29. The van der Waals surface area contributed by atoms with E-state index in [4.69, 9.17) is 17.0 Å². The van der Waals surface area contributed by atoms with Crippen molar-refractivity contribution in [2.45, 2.75) is 26.1 Å². The normalized spacial score (nSPS) is 11.6. The molecule has 0 fully saturated rings. The van der Waals surface area contributed by atoms with Gasteiger partial charge in [-0.2, -0.15) is 5.10 Å². The van der Waals surface area contributed by atoms with Gasteiger partial charge in [-0.1, -0.05) is 38.1 Å². The van der Waals surface area contributed by atoms with Gasteiger partial charge in [0, 0.05) is 11.3 Å². The first-order valence-electron chi connectivity index (χ1n) is 11.8. The van der Waals surface area contributed by atoms with Gasteiger partial charge in [-0.05, 0) is 71.7 Å². The topological polar surface area (TPSA) is 85.6 Å². The number of benzene rings is 3. The Morgan fingerprint density at radius 3 is 2.36 bits per heavy atom. The summed E-state index contributed by atoms with van der Waals surface area (Å²) in [5, 5.41) is 12.1. The number of aromatic nitrogens is 3. The molecule has 4 rings (SSSR count). The minimum atomic E-state index is -4.74. The molecule has 4 aromatic rings. The number of hydrogen-bond donors (Lipinski definition) is 2. The molecular formula is C27H25F3N6O2S. The number of rotatable bonds is 8. The predicted octanol–water partition coefficient (Wildman–Crippen LogP) is 6.29. The number of anilines is 1. The van der Waals surface area contributed by atoms with Crippen LogP contribution in [0.4, 0.5) is 18.9 Å². The Kier molecular flexibility index (Phi) is 8.45. The first kappa shape index (κ1) is 27.6. The zero-order valence-electron chi connectivity index (χ0n) is 21.2. The number of hydrazone groups is 1. The van der Waals surface area contributed by atoms with E-state index in [1.165, 1.54) is 35.3 Å². The third kappa shape index (κ3) is 7.54. The third-order valence-electron chi connectivity index (χ3n) is 5.50. The molecule has 0 amide bonds. The fourth-order valence-electron chi connectivity index (χ4n) is 3.61. The Labute approximate surface area is 228 Å². The van der Waals surface area contributed by atoms with E-state index >= 15 is 0 Å². The minimum Gasteiger partial charge on any atom is -0.497 e. The number of thiocarbonyl (C=S) groups is 1. The highest BCUT2D eigenvalue weighted by molar-refractivity contribution is 7.80. The van der Waals surface area contributed by atoms with Gasteiger partial charge in [-0.15, -0.1) is 18.3 Å². The molecule has 12 heteroatoms. The van der Waals surface area contributed by atoms with Gasteiger partial charge in [-0.3, -0.25) is 5.43 Å². The van der Waals surface area contributed by atoms with Crippen LogP contribution >= 0.6 is 12.2 Å². The van der Waals surface area contributed by atoms with Gasteiger partial charge in [0.1, 0.15) is 17.8 Å². The molecule has 0 aliphatic rings. The molecule has 0 radical (unpaired) electrons. The molecule has 2 N–H and O–H groups in total. The summed E-state index contributed by atoms with van der Waals surface area (Å²) in [6, 6.07) is 18.5. The molecule has 0 aliphatic carbocycles. The van der Waals surface area contributed by atoms with Crippen molar-refractivity contribution >= 4 is 29.2 Å². The number of methoxy groups -OCH3 is 1. The van der Waals surface area contributed by atoms with Gasteiger partial charge in [0.2, 0.25) is 0 Å². The maximum atomic E-state index is 12.4. The molecule has 0 bridgehead atoms. The number of halogens is 3. The van der Waals surface area contributed by atoms with Crippen molar-refractivity contribution < 1.29 is 22.6 Å². The van der Waals surface area contributed by atoms with Crippen molar-refractivity contribution in [3.05, 3.63) is 84.2 Å². The fraction of sp³-hybridized carbons (Fsp3) is 0.185. The molecule has 0 saturated carbocycles. The summed E-state index contributed by atoms with van der Waals surface area (Å²) < 4.78 is 47.7. The second-order valence-corrected chi connectivity index (χ2v) is 9.02. The van der Waals surface area contributed by atoms with E-state index in [1.807, 2.05) is 42.5 Å². The lowest BCUT2D eigenvalue weighted by Crippen LogP contribution is -2.24. The van der Waals surface area contributed by atoms with Gasteiger partial charge >= 0.3 is 6.36 Å². The smallest absolute Gasteiger partial charge is 0.497 e. The minimum absolute atomic E-state index is 0.270. The van der Waals surface area contributed by atoms with Crippen LogP contribution in [0.3, 0.4) is 0 Å². The maximum Gasteiger partial charge on any atom is 0.573 e. The van der Waals surface area contributed by atoms with Crippen LogP contribution in [-0.2, 0) is 0 Å². The summed E-state index contributed by atoms with van der Waals surface area (Å²) in [5.74, 6) is 1.20. The van der Waals surface area contributed by atoms with Crippen LogP contribution in [0.5, 0.6) is 11.5 Å². The molecule has 0 atom stereocenters. The number of alkyl halides is 3. The standard InChI is InChI=1S/C27H25F3N6O2S/c1-17(2)23-14-22(37-3)12-13-24(23)33-26(39)34-32-15-18-4-6-19(7-5-18)25-31-16-36(35-25)20-8-10-21(11-9-20)38-27(28,29)30/h4-17H,1-3H3,(H2,33,34,39). The highest BCUT2D eigenvalue weighted by Crippen LogP contribution is 2.28. The lowest BCUT2D eigenvalue weighted by molar-refractivity contribution is -0.274. The Balaban J connectivity index is 1.35. The molecule has 0 spiro atoms. The van der Waals surface area contributed by atoms with E-state index in [1.54, 1.807) is 13.3 Å². The van der Waals surface area contributed by atoms with E-state index in [9.17, 15) is 13.2 Å². The van der Waals surface area contributed by atoms with Crippen molar-refractivity contribution in [1.82, 2.24) is 20.2 Å². The molecule has 3 aromatic carbocycles. The lowest BCUT2D eigenvalue weighted by atomic mass is 10.0. The Morgan fingerprint density at radius 2 is 1.72 bits per heavy atom. The quantitative estimate of drug-likeness (QED) is 0.151. The Bertz CT molecular complexity index is 1450. The van der Waals surface area contributed by atoms with Gasteiger partial charge in [-0.25, -0.2) is 9.67 Å². The molecule has 0 aliphatic heterocycles. The van der Waals surface area contributed by atoms with Gasteiger partial charge in [0.15, 0.2) is 10.9 Å². The summed E-state index contributed by atoms with van der Waals surface area (Å²) in [5.41, 5.74) is 6.88. The van der Waals surface area contributed by atoms with Gasteiger partial charge in [0.05, 0.1) is 19.0 Å². The van der Waals surface area contributed by atoms with E-state index in [0.29, 0.717) is 16.6 Å². The zero-order chi connectivity index (χ0) is 28.0. The maximum absolute atomic E-state index is 12.4. The Hall–Kier alpha value is -4.45. The average molecular weight is 555 g/mol. The molecule has 202 valence electrons. The molecule has 39 heavy (non-hydrogen) atoms. The molecule has 0 saturated heterocycles. The van der Waals surface area contributed by atoms with E-state index in [2.05, 4.69) is 44.5 Å².